The number of sulfonamides is 2. The molecule has 4 rings (SSSR count). The zero-order chi connectivity index (χ0) is 22.6. The second-order valence-electron chi connectivity index (χ2n) is 8.59. The lowest BCUT2D eigenvalue weighted by atomic mass is 9.96. The molecule has 174 valence electrons. The SMILES string of the molecule is O=S(=O)(NC1CCCCC1)c1ccc(S(=O)(=O)N2CCN(Cc3ccccc3)CC2)cc1. The highest BCUT2D eigenvalue weighted by Gasteiger charge is 2.29. The van der Waals surface area contributed by atoms with Crippen LogP contribution in [0.3, 0.4) is 0 Å². The van der Waals surface area contributed by atoms with Gasteiger partial charge in [0.2, 0.25) is 20.0 Å². The number of rotatable bonds is 7. The summed E-state index contributed by atoms with van der Waals surface area (Å²) in [6, 6.07) is 15.7. The van der Waals surface area contributed by atoms with Crippen molar-refractivity contribution in [3.63, 3.8) is 0 Å². The highest BCUT2D eigenvalue weighted by Crippen LogP contribution is 2.23. The van der Waals surface area contributed by atoms with Crippen LogP contribution in [0.5, 0.6) is 0 Å². The molecule has 1 aliphatic carbocycles. The van der Waals surface area contributed by atoms with Gasteiger partial charge in [-0.2, -0.15) is 4.31 Å². The first-order chi connectivity index (χ1) is 15.3. The van der Waals surface area contributed by atoms with Crippen molar-refractivity contribution in [1.82, 2.24) is 13.9 Å². The summed E-state index contributed by atoms with van der Waals surface area (Å²) in [6.45, 7) is 2.95. The summed E-state index contributed by atoms with van der Waals surface area (Å²) in [6.07, 6.45) is 4.90. The highest BCUT2D eigenvalue weighted by molar-refractivity contribution is 7.89. The summed E-state index contributed by atoms with van der Waals surface area (Å²) >= 11 is 0. The fourth-order valence-electron chi connectivity index (χ4n) is 4.42. The van der Waals surface area contributed by atoms with Crippen LogP contribution in [0.1, 0.15) is 37.7 Å². The van der Waals surface area contributed by atoms with Gasteiger partial charge >= 0.3 is 0 Å². The van der Waals surface area contributed by atoms with Gasteiger partial charge in [0.1, 0.15) is 0 Å². The molecule has 0 unspecified atom stereocenters. The second-order valence-corrected chi connectivity index (χ2v) is 12.2. The van der Waals surface area contributed by atoms with Crippen LogP contribution < -0.4 is 4.72 Å². The van der Waals surface area contributed by atoms with Gasteiger partial charge in [-0.05, 0) is 42.7 Å². The lowest BCUT2D eigenvalue weighted by Gasteiger charge is -2.34. The van der Waals surface area contributed by atoms with E-state index < -0.39 is 20.0 Å². The fraction of sp³-hybridized carbons (Fsp3) is 0.478. The zero-order valence-corrected chi connectivity index (χ0v) is 19.8. The van der Waals surface area contributed by atoms with Gasteiger partial charge in [-0.25, -0.2) is 21.6 Å². The molecule has 1 N–H and O–H groups in total. The Morgan fingerprint density at radius 2 is 1.34 bits per heavy atom. The van der Waals surface area contributed by atoms with Crippen molar-refractivity contribution in [3.8, 4) is 0 Å². The molecule has 2 aromatic carbocycles. The van der Waals surface area contributed by atoms with E-state index in [1.807, 2.05) is 18.2 Å². The quantitative estimate of drug-likeness (QED) is 0.663. The van der Waals surface area contributed by atoms with Crippen molar-refractivity contribution in [1.29, 1.82) is 0 Å². The number of nitrogens with one attached hydrogen (secondary N) is 1. The fourth-order valence-corrected chi connectivity index (χ4v) is 7.14. The summed E-state index contributed by atoms with van der Waals surface area (Å²) in [5.41, 5.74) is 1.21. The Bertz CT molecular complexity index is 1090. The molecule has 0 aromatic heterocycles. The van der Waals surface area contributed by atoms with Crippen LogP contribution in [-0.4, -0.2) is 58.3 Å². The minimum absolute atomic E-state index is 0.0376. The van der Waals surface area contributed by atoms with Crippen molar-refractivity contribution in [2.75, 3.05) is 26.2 Å². The molecule has 1 aliphatic heterocycles. The molecule has 0 spiro atoms. The third kappa shape index (κ3) is 5.58. The molecule has 7 nitrogen and oxygen atoms in total. The number of benzene rings is 2. The maximum Gasteiger partial charge on any atom is 0.243 e. The standard InChI is InChI=1S/C23H31N3O4S2/c27-31(28,24-21-9-5-2-6-10-21)22-11-13-23(14-12-22)32(29,30)26-17-15-25(16-18-26)19-20-7-3-1-4-8-20/h1,3-4,7-8,11-14,21,24H,2,5-6,9-10,15-19H2. The number of nitrogens with zero attached hydrogens (tertiary/aromatic N) is 2. The monoisotopic (exact) mass is 477 g/mol. The van der Waals surface area contributed by atoms with Gasteiger partial charge in [-0.15, -0.1) is 0 Å². The predicted octanol–water partition coefficient (Wildman–Crippen LogP) is 2.80. The van der Waals surface area contributed by atoms with E-state index in [0.717, 1.165) is 38.6 Å². The summed E-state index contributed by atoms with van der Waals surface area (Å²) in [5.74, 6) is 0. The van der Waals surface area contributed by atoms with Crippen molar-refractivity contribution >= 4 is 20.0 Å². The number of hydrogen-bond donors (Lipinski definition) is 1. The first-order valence-electron chi connectivity index (χ1n) is 11.2. The van der Waals surface area contributed by atoms with Crippen molar-refractivity contribution < 1.29 is 16.8 Å². The Morgan fingerprint density at radius 3 is 1.97 bits per heavy atom. The topological polar surface area (TPSA) is 86.8 Å². The van der Waals surface area contributed by atoms with E-state index in [0.29, 0.717) is 26.2 Å². The molecule has 9 heteroatoms. The van der Waals surface area contributed by atoms with Gasteiger partial charge in [-0.3, -0.25) is 4.90 Å². The molecule has 1 heterocycles. The Kier molecular flexibility index (Phi) is 7.31. The average molecular weight is 478 g/mol. The molecular formula is C23H31N3O4S2. The van der Waals surface area contributed by atoms with Crippen LogP contribution in [0.25, 0.3) is 0 Å². The Balaban J connectivity index is 1.38. The normalized spacial score (nSPS) is 19.8. The molecule has 0 bridgehead atoms. The van der Waals surface area contributed by atoms with Gasteiger partial charge < -0.3 is 0 Å². The van der Waals surface area contributed by atoms with Crippen molar-refractivity contribution in [2.24, 2.45) is 0 Å². The van der Waals surface area contributed by atoms with Crippen LogP contribution >= 0.6 is 0 Å². The Hall–Kier alpha value is -1.78. The van der Waals surface area contributed by atoms with Crippen molar-refractivity contribution in [3.05, 3.63) is 60.2 Å². The minimum atomic E-state index is -3.66. The lowest BCUT2D eigenvalue weighted by molar-refractivity contribution is 0.181. The summed E-state index contributed by atoms with van der Waals surface area (Å²) in [5, 5.41) is 0. The molecule has 0 amide bonds. The molecule has 0 radical (unpaired) electrons. The van der Waals surface area contributed by atoms with Crippen LogP contribution in [0.4, 0.5) is 0 Å². The minimum Gasteiger partial charge on any atom is -0.296 e. The zero-order valence-electron chi connectivity index (χ0n) is 18.2. The number of hydrogen-bond acceptors (Lipinski definition) is 5. The Morgan fingerprint density at radius 1 is 0.750 bits per heavy atom. The third-order valence-electron chi connectivity index (χ3n) is 6.28. The smallest absolute Gasteiger partial charge is 0.243 e. The molecule has 0 atom stereocenters. The van der Waals surface area contributed by atoms with Gasteiger partial charge in [0, 0.05) is 38.8 Å². The van der Waals surface area contributed by atoms with Gasteiger partial charge in [0.15, 0.2) is 0 Å². The molecule has 2 aromatic rings. The average Bonchev–Trinajstić information content (AvgIpc) is 2.81. The summed E-state index contributed by atoms with van der Waals surface area (Å²) < 4.78 is 55.7. The van der Waals surface area contributed by atoms with E-state index >= 15 is 0 Å². The van der Waals surface area contributed by atoms with Crippen LogP contribution in [0, 0.1) is 0 Å². The van der Waals surface area contributed by atoms with Gasteiger partial charge in [0.05, 0.1) is 9.79 Å². The lowest BCUT2D eigenvalue weighted by Crippen LogP contribution is -2.48. The predicted molar refractivity (Wildman–Crippen MR) is 124 cm³/mol. The first-order valence-corrected chi connectivity index (χ1v) is 14.2. The first kappa shape index (κ1) is 23.4. The molecule has 1 saturated carbocycles. The van der Waals surface area contributed by atoms with E-state index in [-0.39, 0.29) is 15.8 Å². The van der Waals surface area contributed by atoms with E-state index in [9.17, 15) is 16.8 Å². The summed E-state index contributed by atoms with van der Waals surface area (Å²) in [4.78, 5) is 2.48. The van der Waals surface area contributed by atoms with E-state index in [1.54, 1.807) is 0 Å². The van der Waals surface area contributed by atoms with Crippen LogP contribution in [0.15, 0.2) is 64.4 Å². The van der Waals surface area contributed by atoms with Gasteiger partial charge in [-0.1, -0.05) is 49.6 Å². The van der Waals surface area contributed by atoms with E-state index in [2.05, 4.69) is 21.8 Å². The largest absolute Gasteiger partial charge is 0.296 e. The molecular weight excluding hydrogens is 446 g/mol. The number of piperazine rings is 1. The summed E-state index contributed by atoms with van der Waals surface area (Å²) in [7, 11) is -7.31. The highest BCUT2D eigenvalue weighted by atomic mass is 32.2. The van der Waals surface area contributed by atoms with Crippen LogP contribution in [-0.2, 0) is 26.6 Å². The Labute approximate surface area is 191 Å². The molecule has 1 saturated heterocycles. The maximum atomic E-state index is 13.1. The molecule has 2 aliphatic rings. The molecule has 2 fully saturated rings. The maximum absolute atomic E-state index is 13.1. The van der Waals surface area contributed by atoms with E-state index in [1.165, 1.54) is 34.1 Å². The van der Waals surface area contributed by atoms with Crippen LogP contribution in [0.2, 0.25) is 0 Å². The third-order valence-corrected chi connectivity index (χ3v) is 9.73. The van der Waals surface area contributed by atoms with Gasteiger partial charge in [0.25, 0.3) is 0 Å². The van der Waals surface area contributed by atoms with E-state index in [4.69, 9.17) is 0 Å². The second kappa shape index (κ2) is 10.0. The van der Waals surface area contributed by atoms with Crippen molar-refractivity contribution in [2.45, 2.75) is 54.5 Å². The molecule has 32 heavy (non-hydrogen) atoms.